The molecule has 1 rings (SSSR count). The zero-order valence-corrected chi connectivity index (χ0v) is 14.0. The monoisotopic (exact) mass is 350 g/mol. The molecule has 108 valence electrons. The van der Waals surface area contributed by atoms with E-state index in [1.54, 1.807) is 45.9 Å². The summed E-state index contributed by atoms with van der Waals surface area (Å²) in [7, 11) is -3.65. The zero-order valence-electron chi connectivity index (χ0n) is 11.5. The van der Waals surface area contributed by atoms with Crippen molar-refractivity contribution in [2.45, 2.75) is 45.7 Å². The summed E-state index contributed by atoms with van der Waals surface area (Å²) in [5.41, 5.74) is 0.493. The normalized spacial score (nSPS) is 14.1. The highest BCUT2D eigenvalue weighted by Gasteiger charge is 2.38. The highest BCUT2D eigenvalue weighted by atomic mass is 79.9. The van der Waals surface area contributed by atoms with E-state index in [2.05, 4.69) is 15.9 Å². The Morgan fingerprint density at radius 3 is 2.00 bits per heavy atom. The average molecular weight is 351 g/mol. The van der Waals surface area contributed by atoms with E-state index in [-0.39, 0.29) is 12.2 Å². The molecule has 1 atom stereocenters. The fourth-order valence-electron chi connectivity index (χ4n) is 1.58. The van der Waals surface area contributed by atoms with Gasteiger partial charge in [-0.2, -0.15) is 0 Å². The molecule has 1 N–H and O–H groups in total. The molecule has 0 aliphatic carbocycles. The van der Waals surface area contributed by atoms with Gasteiger partial charge in [0.25, 0.3) is 0 Å². The van der Waals surface area contributed by atoms with Gasteiger partial charge >= 0.3 is 7.60 Å². The minimum Gasteiger partial charge on any atom is -0.376 e. The highest BCUT2D eigenvalue weighted by Crippen LogP contribution is 2.61. The van der Waals surface area contributed by atoms with Crippen molar-refractivity contribution in [1.29, 1.82) is 0 Å². The lowest BCUT2D eigenvalue weighted by molar-refractivity contribution is 0.101. The molecule has 0 heterocycles. The van der Waals surface area contributed by atoms with Gasteiger partial charge in [0.1, 0.15) is 0 Å². The molecule has 6 heteroatoms. The Morgan fingerprint density at radius 2 is 1.58 bits per heavy atom. The zero-order chi connectivity index (χ0) is 14.6. The topological polar surface area (TPSA) is 55.8 Å². The van der Waals surface area contributed by atoms with E-state index < -0.39 is 13.4 Å². The van der Waals surface area contributed by atoms with Gasteiger partial charge < -0.3 is 14.2 Å². The Kier molecular flexibility index (Phi) is 6.21. The maximum atomic E-state index is 12.8. The van der Waals surface area contributed by atoms with Gasteiger partial charge in [0.05, 0.1) is 12.2 Å². The molecule has 19 heavy (non-hydrogen) atoms. The van der Waals surface area contributed by atoms with Crippen molar-refractivity contribution < 1.29 is 18.7 Å². The van der Waals surface area contributed by atoms with Gasteiger partial charge in [-0.25, -0.2) is 0 Å². The second-order valence-electron chi connectivity index (χ2n) is 4.74. The summed E-state index contributed by atoms with van der Waals surface area (Å²) >= 11 is 3.33. The third-order valence-electron chi connectivity index (χ3n) is 2.20. The van der Waals surface area contributed by atoms with E-state index in [4.69, 9.17) is 9.05 Å². The molecule has 1 aromatic rings. The van der Waals surface area contributed by atoms with Crippen molar-refractivity contribution >= 4 is 23.5 Å². The molecule has 0 fully saturated rings. The molecule has 0 aliphatic rings. The van der Waals surface area contributed by atoms with Gasteiger partial charge in [0, 0.05) is 10.0 Å². The van der Waals surface area contributed by atoms with E-state index in [1.165, 1.54) is 0 Å². The van der Waals surface area contributed by atoms with E-state index >= 15 is 0 Å². The highest BCUT2D eigenvalue weighted by molar-refractivity contribution is 9.10. The number of rotatable bonds is 6. The molecular weight excluding hydrogens is 331 g/mol. The van der Waals surface area contributed by atoms with Crippen LogP contribution in [0.2, 0.25) is 0 Å². The molecule has 0 amide bonds. The predicted octanol–water partition coefficient (Wildman–Crippen LogP) is 4.48. The smallest absolute Gasteiger partial charge is 0.363 e. The Morgan fingerprint density at radius 1 is 1.11 bits per heavy atom. The second kappa shape index (κ2) is 7.00. The van der Waals surface area contributed by atoms with Gasteiger partial charge in [0.2, 0.25) is 0 Å². The lowest BCUT2D eigenvalue weighted by Crippen LogP contribution is -2.13. The van der Waals surface area contributed by atoms with Crippen LogP contribution in [0.4, 0.5) is 0 Å². The molecule has 0 spiro atoms. The lowest BCUT2D eigenvalue weighted by Gasteiger charge is -2.27. The number of hydrogen-bond acceptors (Lipinski definition) is 4. The fourth-order valence-corrected chi connectivity index (χ4v) is 4.28. The van der Waals surface area contributed by atoms with E-state index in [9.17, 15) is 9.67 Å². The fraction of sp³-hybridized carbons (Fsp3) is 0.538. The first-order valence-electron chi connectivity index (χ1n) is 6.15. The third kappa shape index (κ3) is 4.69. The third-order valence-corrected chi connectivity index (χ3v) is 5.23. The Balaban J connectivity index is 3.11. The number of aliphatic hydroxyl groups is 1. The summed E-state index contributed by atoms with van der Waals surface area (Å²) < 4.78 is 24.2. The van der Waals surface area contributed by atoms with Gasteiger partial charge in [0.15, 0.2) is 5.85 Å². The number of halogens is 1. The van der Waals surface area contributed by atoms with Crippen LogP contribution >= 0.6 is 23.5 Å². The molecule has 0 unspecified atom stereocenters. The van der Waals surface area contributed by atoms with Crippen molar-refractivity contribution in [2.24, 2.45) is 0 Å². The van der Waals surface area contributed by atoms with Crippen molar-refractivity contribution in [3.63, 3.8) is 0 Å². The van der Waals surface area contributed by atoms with Crippen molar-refractivity contribution in [2.75, 3.05) is 0 Å². The van der Waals surface area contributed by atoms with Crippen molar-refractivity contribution in [1.82, 2.24) is 0 Å². The molecule has 0 radical (unpaired) electrons. The van der Waals surface area contributed by atoms with Gasteiger partial charge in [-0.15, -0.1) is 0 Å². The minimum atomic E-state index is -3.65. The van der Waals surface area contributed by atoms with Crippen LogP contribution in [0, 0.1) is 0 Å². The van der Waals surface area contributed by atoms with Crippen molar-refractivity contribution in [3.05, 3.63) is 34.3 Å². The summed E-state index contributed by atoms with van der Waals surface area (Å²) in [6.45, 7) is 7.01. The van der Waals surface area contributed by atoms with Gasteiger partial charge in [-0.1, -0.05) is 34.1 Å². The van der Waals surface area contributed by atoms with Crippen LogP contribution in [-0.2, 0) is 13.6 Å². The van der Waals surface area contributed by atoms with Crippen molar-refractivity contribution in [3.8, 4) is 0 Å². The van der Waals surface area contributed by atoms with Crippen LogP contribution in [0.25, 0.3) is 0 Å². The number of benzene rings is 1. The Hall–Kier alpha value is -0.190. The molecule has 0 aliphatic heterocycles. The van der Waals surface area contributed by atoms with Gasteiger partial charge in [-0.05, 0) is 33.8 Å². The largest absolute Gasteiger partial charge is 0.376 e. The Labute approximate surface area is 122 Å². The summed E-state index contributed by atoms with van der Waals surface area (Å²) in [5.74, 6) is -1.31. The quantitative estimate of drug-likeness (QED) is 0.768. The first-order valence-corrected chi connectivity index (χ1v) is 8.55. The first-order chi connectivity index (χ1) is 8.76. The molecule has 0 saturated carbocycles. The standard InChI is InChI=1S/C13H20BrO4P/c1-9(2)17-19(16,18-10(3)4)13(15)11-7-5-6-8-12(11)14/h5-10,13,15H,1-4H3/t13-/m0/s1. The van der Waals surface area contributed by atoms with Crippen LogP contribution in [0.3, 0.4) is 0 Å². The summed E-state index contributed by atoms with van der Waals surface area (Å²) in [4.78, 5) is 0. The van der Waals surface area contributed by atoms with E-state index in [0.717, 1.165) is 0 Å². The summed E-state index contributed by atoms with van der Waals surface area (Å²) in [6, 6.07) is 7.04. The molecule has 0 saturated heterocycles. The van der Waals surface area contributed by atoms with Crippen LogP contribution < -0.4 is 0 Å². The summed E-state index contributed by atoms with van der Waals surface area (Å²) in [5, 5.41) is 10.4. The number of aliphatic hydroxyl groups excluding tert-OH is 1. The number of hydrogen-bond donors (Lipinski definition) is 1. The van der Waals surface area contributed by atoms with E-state index in [0.29, 0.717) is 10.0 Å². The maximum absolute atomic E-state index is 12.8. The molecule has 0 aromatic heterocycles. The summed E-state index contributed by atoms with van der Waals surface area (Å²) in [6.07, 6.45) is -0.608. The van der Waals surface area contributed by atoms with Gasteiger partial charge in [-0.3, -0.25) is 4.57 Å². The average Bonchev–Trinajstić information content (AvgIpc) is 2.26. The predicted molar refractivity (Wildman–Crippen MR) is 79.2 cm³/mol. The molecule has 4 nitrogen and oxygen atoms in total. The lowest BCUT2D eigenvalue weighted by atomic mass is 10.2. The Bertz CT molecular complexity index is 448. The molecule has 1 aromatic carbocycles. The SMILES string of the molecule is CC(C)OP(=O)(OC(C)C)[C@H](O)c1ccccc1Br. The molecular formula is C13H20BrO4P. The van der Waals surface area contributed by atoms with E-state index in [1.807, 2.05) is 6.07 Å². The van der Waals surface area contributed by atoms with Crippen LogP contribution in [-0.4, -0.2) is 17.3 Å². The van der Waals surface area contributed by atoms with Crippen LogP contribution in [0.1, 0.15) is 39.1 Å². The van der Waals surface area contributed by atoms with Crippen LogP contribution in [0.15, 0.2) is 28.7 Å². The first kappa shape index (κ1) is 16.9. The minimum absolute atomic E-state index is 0.304. The maximum Gasteiger partial charge on any atom is 0.363 e. The van der Waals surface area contributed by atoms with Crippen LogP contribution in [0.5, 0.6) is 0 Å². The second-order valence-corrected chi connectivity index (χ2v) is 7.59. The molecule has 0 bridgehead atoms.